The second kappa shape index (κ2) is 8.14. The zero-order valence-electron chi connectivity index (χ0n) is 18.4. The molecule has 1 fully saturated rings. The van der Waals surface area contributed by atoms with Crippen LogP contribution in [-0.4, -0.2) is 30.7 Å². The first-order valence-electron chi connectivity index (χ1n) is 11.3. The quantitative estimate of drug-likeness (QED) is 0.595. The Kier molecular flexibility index (Phi) is 5.33. The van der Waals surface area contributed by atoms with Crippen LogP contribution in [0.1, 0.15) is 46.9 Å². The van der Waals surface area contributed by atoms with Crippen molar-refractivity contribution in [3.05, 3.63) is 101 Å². The molecule has 3 aromatic rings. The van der Waals surface area contributed by atoms with Gasteiger partial charge in [-0.05, 0) is 66.1 Å². The number of nitrogens with zero attached hydrogens (tertiary/aromatic N) is 1. The second-order valence-electron chi connectivity index (χ2n) is 9.34. The van der Waals surface area contributed by atoms with Crippen molar-refractivity contribution in [2.75, 3.05) is 20.7 Å². The molecule has 4 atom stereocenters. The fourth-order valence-corrected chi connectivity index (χ4v) is 6.11. The highest BCUT2D eigenvalue weighted by Gasteiger charge is 2.54. The highest BCUT2D eigenvalue weighted by molar-refractivity contribution is 5.46. The first kappa shape index (κ1) is 20.3. The van der Waals surface area contributed by atoms with Gasteiger partial charge in [0.2, 0.25) is 0 Å². The summed E-state index contributed by atoms with van der Waals surface area (Å²) in [6, 6.07) is 27.5. The minimum Gasteiger partial charge on any atom is -0.497 e. The van der Waals surface area contributed by atoms with E-state index in [2.05, 4.69) is 66.5 Å². The summed E-state index contributed by atoms with van der Waals surface area (Å²) in [6.07, 6.45) is 1.93. The van der Waals surface area contributed by atoms with Crippen molar-refractivity contribution in [1.29, 1.82) is 0 Å². The Morgan fingerprint density at radius 3 is 2.32 bits per heavy atom. The molecule has 160 valence electrons. The molecule has 1 saturated carbocycles. The van der Waals surface area contributed by atoms with Crippen molar-refractivity contribution in [3.63, 3.8) is 0 Å². The van der Waals surface area contributed by atoms with Gasteiger partial charge >= 0.3 is 0 Å². The molecule has 31 heavy (non-hydrogen) atoms. The number of hydrogen-bond donors (Lipinski definition) is 1. The lowest BCUT2D eigenvalue weighted by molar-refractivity contribution is -0.0683. The van der Waals surface area contributed by atoms with E-state index in [4.69, 9.17) is 4.74 Å². The first-order chi connectivity index (χ1) is 15.1. The molecule has 2 bridgehead atoms. The van der Waals surface area contributed by atoms with Gasteiger partial charge in [0.1, 0.15) is 5.75 Å². The summed E-state index contributed by atoms with van der Waals surface area (Å²) in [5.41, 5.74) is 4.26. The summed E-state index contributed by atoms with van der Waals surface area (Å²) in [7, 11) is 3.88. The third kappa shape index (κ3) is 3.66. The Morgan fingerprint density at radius 1 is 0.935 bits per heavy atom. The lowest BCUT2D eigenvalue weighted by atomic mass is 9.53. The third-order valence-corrected chi connectivity index (χ3v) is 7.33. The van der Waals surface area contributed by atoms with Crippen molar-refractivity contribution in [2.24, 2.45) is 5.92 Å². The van der Waals surface area contributed by atoms with Gasteiger partial charge in [0.05, 0.1) is 12.7 Å². The van der Waals surface area contributed by atoms with Gasteiger partial charge in [-0.2, -0.15) is 0 Å². The normalized spacial score (nSPS) is 26.6. The van der Waals surface area contributed by atoms with E-state index in [0.29, 0.717) is 11.8 Å². The largest absolute Gasteiger partial charge is 0.497 e. The fraction of sp³-hybridized carbons (Fsp3) is 0.357. The van der Waals surface area contributed by atoms with E-state index in [-0.39, 0.29) is 5.92 Å². The molecule has 3 aliphatic rings. The van der Waals surface area contributed by atoms with Crippen molar-refractivity contribution >= 4 is 0 Å². The maximum atomic E-state index is 12.2. The Hall–Kier alpha value is -2.62. The molecule has 0 aliphatic heterocycles. The standard InChI is InChI=1S/C28H31NO2/c1-29(18-20-8-4-3-5-9-20)19-22-16-21-17-28(30,23-12-14-24(31-2)15-13-23)27(22)26-11-7-6-10-25(21)26/h3-15,21-22,27,30H,16-19H2,1-2H3/t21-,22+,27+,28+/m0/s1. The fourth-order valence-electron chi connectivity index (χ4n) is 6.11. The molecular formula is C28H31NO2. The van der Waals surface area contributed by atoms with Gasteiger partial charge in [0.15, 0.2) is 0 Å². The maximum Gasteiger partial charge on any atom is 0.118 e. The molecule has 0 heterocycles. The summed E-state index contributed by atoms with van der Waals surface area (Å²) in [5.74, 6) is 1.73. The first-order valence-corrected chi connectivity index (χ1v) is 11.3. The lowest BCUT2D eigenvalue weighted by Crippen LogP contribution is -2.50. The molecular weight excluding hydrogens is 382 g/mol. The van der Waals surface area contributed by atoms with E-state index >= 15 is 0 Å². The zero-order chi connectivity index (χ0) is 21.4. The molecule has 3 heteroatoms. The van der Waals surface area contributed by atoms with Crippen LogP contribution in [0.2, 0.25) is 0 Å². The molecule has 0 unspecified atom stereocenters. The van der Waals surface area contributed by atoms with Crippen LogP contribution >= 0.6 is 0 Å². The van der Waals surface area contributed by atoms with Crippen molar-refractivity contribution in [1.82, 2.24) is 4.90 Å². The van der Waals surface area contributed by atoms with Crippen molar-refractivity contribution in [3.8, 4) is 5.75 Å². The van der Waals surface area contributed by atoms with Crippen LogP contribution in [0.4, 0.5) is 0 Å². The van der Waals surface area contributed by atoms with E-state index in [9.17, 15) is 5.11 Å². The Morgan fingerprint density at radius 2 is 1.61 bits per heavy atom. The number of rotatable bonds is 6. The molecule has 1 N–H and O–H groups in total. The molecule has 0 spiro atoms. The Bertz CT molecular complexity index is 1030. The predicted octanol–water partition coefficient (Wildman–Crippen LogP) is 5.31. The number of fused-ring (bicyclic) bond motifs is 2. The number of aliphatic hydroxyl groups is 1. The van der Waals surface area contributed by atoms with Gasteiger partial charge in [-0.15, -0.1) is 0 Å². The summed E-state index contributed by atoms with van der Waals surface area (Å²) in [6.45, 7) is 1.90. The van der Waals surface area contributed by atoms with Crippen molar-refractivity contribution in [2.45, 2.75) is 36.8 Å². The molecule has 3 aromatic carbocycles. The molecule has 6 rings (SSSR count). The van der Waals surface area contributed by atoms with Gasteiger partial charge < -0.3 is 14.7 Å². The van der Waals surface area contributed by atoms with E-state index in [1.165, 1.54) is 16.7 Å². The SMILES string of the molecule is COc1ccc([C@]2(O)C[C@@H]3C[C@H](CN(C)Cc4ccccc4)[C@@H]2c2ccccc23)cc1. The van der Waals surface area contributed by atoms with E-state index in [1.807, 2.05) is 24.3 Å². The second-order valence-corrected chi connectivity index (χ2v) is 9.34. The third-order valence-electron chi connectivity index (χ3n) is 7.33. The molecule has 0 radical (unpaired) electrons. The number of ether oxygens (including phenoxy) is 1. The molecule has 3 aliphatic carbocycles. The van der Waals surface area contributed by atoms with Crippen LogP contribution in [0, 0.1) is 5.92 Å². The van der Waals surface area contributed by atoms with Crippen LogP contribution in [0.15, 0.2) is 78.9 Å². The maximum absolute atomic E-state index is 12.2. The smallest absolute Gasteiger partial charge is 0.118 e. The Balaban J connectivity index is 1.47. The van der Waals surface area contributed by atoms with Gasteiger partial charge in [-0.3, -0.25) is 0 Å². The molecule has 0 aromatic heterocycles. The predicted molar refractivity (Wildman–Crippen MR) is 124 cm³/mol. The van der Waals surface area contributed by atoms with Crippen LogP contribution in [0.5, 0.6) is 5.75 Å². The van der Waals surface area contributed by atoms with Gasteiger partial charge in [0, 0.05) is 19.0 Å². The lowest BCUT2D eigenvalue weighted by Gasteiger charge is -2.54. The summed E-state index contributed by atoms with van der Waals surface area (Å²) >= 11 is 0. The minimum absolute atomic E-state index is 0.0975. The van der Waals surface area contributed by atoms with Gasteiger partial charge in [-0.25, -0.2) is 0 Å². The van der Waals surface area contributed by atoms with Crippen LogP contribution in [0.3, 0.4) is 0 Å². The highest BCUT2D eigenvalue weighted by Crippen LogP contribution is 2.60. The highest BCUT2D eigenvalue weighted by atomic mass is 16.5. The van der Waals surface area contributed by atoms with Crippen LogP contribution in [-0.2, 0) is 12.1 Å². The molecule has 0 saturated heterocycles. The van der Waals surface area contributed by atoms with Gasteiger partial charge in [0.25, 0.3) is 0 Å². The average molecular weight is 414 g/mol. The molecule has 3 nitrogen and oxygen atoms in total. The minimum atomic E-state index is -0.845. The van der Waals surface area contributed by atoms with Crippen molar-refractivity contribution < 1.29 is 9.84 Å². The summed E-state index contributed by atoms with van der Waals surface area (Å²) < 4.78 is 5.35. The average Bonchev–Trinajstić information content (AvgIpc) is 2.80. The number of benzene rings is 3. The van der Waals surface area contributed by atoms with E-state index in [0.717, 1.165) is 37.2 Å². The summed E-state index contributed by atoms with van der Waals surface area (Å²) in [4.78, 5) is 2.41. The molecule has 0 amide bonds. The Labute approximate surface area is 185 Å². The topological polar surface area (TPSA) is 32.7 Å². The van der Waals surface area contributed by atoms with Crippen LogP contribution in [0.25, 0.3) is 0 Å². The summed E-state index contributed by atoms with van der Waals surface area (Å²) in [5, 5.41) is 12.2. The zero-order valence-corrected chi connectivity index (χ0v) is 18.4. The monoisotopic (exact) mass is 413 g/mol. The van der Waals surface area contributed by atoms with Crippen LogP contribution < -0.4 is 4.74 Å². The van der Waals surface area contributed by atoms with Gasteiger partial charge in [-0.1, -0.05) is 66.7 Å². The number of methoxy groups -OCH3 is 1. The van der Waals surface area contributed by atoms with E-state index in [1.54, 1.807) is 7.11 Å². The number of hydrogen-bond acceptors (Lipinski definition) is 3. The van der Waals surface area contributed by atoms with E-state index < -0.39 is 5.60 Å².